The highest BCUT2D eigenvalue weighted by Crippen LogP contribution is 2.20. The molecule has 0 saturated heterocycles. The van der Waals surface area contributed by atoms with E-state index in [2.05, 4.69) is 6.92 Å². The van der Waals surface area contributed by atoms with Gasteiger partial charge in [-0.05, 0) is 49.4 Å². The first-order valence-electron chi connectivity index (χ1n) is 7.17. The van der Waals surface area contributed by atoms with Gasteiger partial charge in [-0.15, -0.1) is 0 Å². The molecule has 1 aromatic carbocycles. The fourth-order valence-corrected chi connectivity index (χ4v) is 1.93. The fraction of sp³-hybridized carbons (Fsp3) is 0.562. The number of esters is 1. The van der Waals surface area contributed by atoms with E-state index in [1.165, 1.54) is 0 Å². The summed E-state index contributed by atoms with van der Waals surface area (Å²) < 4.78 is 10.4. The zero-order valence-electron chi connectivity index (χ0n) is 12.4. The Kier molecular flexibility index (Phi) is 7.73. The Morgan fingerprint density at radius 2 is 2.05 bits per heavy atom. The number of carbonyl (C=O) groups excluding carboxylic acids is 1. The van der Waals surface area contributed by atoms with Gasteiger partial charge in [-0.1, -0.05) is 13.3 Å². The molecular formula is C16H24O4. The number of ether oxygens (including phenoxy) is 2. The lowest BCUT2D eigenvalue weighted by atomic mass is 10.0. The van der Waals surface area contributed by atoms with Gasteiger partial charge in [0.05, 0.1) is 19.3 Å². The summed E-state index contributed by atoms with van der Waals surface area (Å²) in [6.07, 6.45) is 4.27. The Morgan fingerprint density at radius 3 is 2.70 bits per heavy atom. The number of aliphatic hydroxyl groups excluding tert-OH is 1. The molecule has 0 aliphatic heterocycles. The maximum Gasteiger partial charge on any atom is 0.338 e. The van der Waals surface area contributed by atoms with E-state index in [1.807, 2.05) is 6.07 Å². The molecule has 4 nitrogen and oxygen atoms in total. The Hall–Kier alpha value is -1.55. The molecular weight excluding hydrogens is 256 g/mol. The Balaban J connectivity index is 2.72. The summed E-state index contributed by atoms with van der Waals surface area (Å²) in [5, 5.41) is 8.69. The number of unbranched alkanes of at least 4 members (excludes halogenated alkanes) is 2. The van der Waals surface area contributed by atoms with Crippen molar-refractivity contribution in [3.05, 3.63) is 29.3 Å². The van der Waals surface area contributed by atoms with Crippen molar-refractivity contribution in [1.29, 1.82) is 0 Å². The van der Waals surface area contributed by atoms with Crippen LogP contribution >= 0.6 is 0 Å². The summed E-state index contributed by atoms with van der Waals surface area (Å²) in [5.41, 5.74) is 1.58. The van der Waals surface area contributed by atoms with Crippen LogP contribution in [0.5, 0.6) is 5.75 Å². The van der Waals surface area contributed by atoms with E-state index >= 15 is 0 Å². The predicted molar refractivity (Wildman–Crippen MR) is 78.2 cm³/mol. The van der Waals surface area contributed by atoms with Crippen molar-refractivity contribution in [3.8, 4) is 5.75 Å². The summed E-state index contributed by atoms with van der Waals surface area (Å²) in [5.74, 6) is 0.463. The van der Waals surface area contributed by atoms with Crippen LogP contribution in [0.1, 0.15) is 48.5 Å². The first-order valence-corrected chi connectivity index (χ1v) is 7.17. The van der Waals surface area contributed by atoms with E-state index in [0.29, 0.717) is 25.0 Å². The number of aryl methyl sites for hydroxylation is 1. The molecule has 0 spiro atoms. The molecule has 112 valence electrons. The van der Waals surface area contributed by atoms with Gasteiger partial charge in [0, 0.05) is 6.61 Å². The molecule has 0 atom stereocenters. The van der Waals surface area contributed by atoms with Crippen LogP contribution in [-0.2, 0) is 11.2 Å². The number of methoxy groups -OCH3 is 1. The summed E-state index contributed by atoms with van der Waals surface area (Å²) in [6, 6.07) is 5.44. The summed E-state index contributed by atoms with van der Waals surface area (Å²) in [7, 11) is 1.62. The number of hydrogen-bond acceptors (Lipinski definition) is 4. The minimum Gasteiger partial charge on any atom is -0.497 e. The standard InChI is InChI=1S/C16H24O4/c1-3-4-7-13-12-14(19-2)8-9-15(13)16(18)20-11-6-5-10-17/h8-9,12,17H,3-7,10-11H2,1-2H3. The number of aliphatic hydroxyl groups is 1. The minimum absolute atomic E-state index is 0.127. The summed E-state index contributed by atoms with van der Waals surface area (Å²) >= 11 is 0. The van der Waals surface area contributed by atoms with Crippen molar-refractivity contribution in [2.24, 2.45) is 0 Å². The van der Waals surface area contributed by atoms with Gasteiger partial charge >= 0.3 is 5.97 Å². The minimum atomic E-state index is -0.295. The highest BCUT2D eigenvalue weighted by atomic mass is 16.5. The zero-order valence-corrected chi connectivity index (χ0v) is 12.4. The molecule has 0 saturated carbocycles. The molecule has 1 rings (SSSR count). The third kappa shape index (κ3) is 5.21. The van der Waals surface area contributed by atoms with Crippen molar-refractivity contribution in [2.75, 3.05) is 20.3 Å². The van der Waals surface area contributed by atoms with Gasteiger partial charge in [0.25, 0.3) is 0 Å². The number of rotatable bonds is 9. The smallest absolute Gasteiger partial charge is 0.338 e. The van der Waals surface area contributed by atoms with Crippen LogP contribution in [-0.4, -0.2) is 31.4 Å². The largest absolute Gasteiger partial charge is 0.497 e. The molecule has 0 fully saturated rings. The highest BCUT2D eigenvalue weighted by molar-refractivity contribution is 5.91. The van der Waals surface area contributed by atoms with Crippen molar-refractivity contribution < 1.29 is 19.4 Å². The maximum absolute atomic E-state index is 12.1. The molecule has 1 aromatic rings. The van der Waals surface area contributed by atoms with E-state index in [0.717, 1.165) is 30.6 Å². The first kappa shape index (κ1) is 16.5. The normalized spacial score (nSPS) is 10.3. The average molecular weight is 280 g/mol. The van der Waals surface area contributed by atoms with Gasteiger partial charge in [-0.25, -0.2) is 4.79 Å². The monoisotopic (exact) mass is 280 g/mol. The fourth-order valence-electron chi connectivity index (χ4n) is 1.93. The molecule has 0 bridgehead atoms. The van der Waals surface area contributed by atoms with E-state index in [-0.39, 0.29) is 12.6 Å². The topological polar surface area (TPSA) is 55.8 Å². The van der Waals surface area contributed by atoms with Crippen LogP contribution in [0.2, 0.25) is 0 Å². The predicted octanol–water partition coefficient (Wildman–Crippen LogP) is 2.97. The van der Waals surface area contributed by atoms with Crippen LogP contribution in [0.15, 0.2) is 18.2 Å². The van der Waals surface area contributed by atoms with Crippen molar-refractivity contribution in [3.63, 3.8) is 0 Å². The van der Waals surface area contributed by atoms with Crippen molar-refractivity contribution in [1.82, 2.24) is 0 Å². The van der Waals surface area contributed by atoms with E-state index < -0.39 is 0 Å². The maximum atomic E-state index is 12.1. The lowest BCUT2D eigenvalue weighted by Crippen LogP contribution is -2.10. The number of benzene rings is 1. The van der Waals surface area contributed by atoms with Crippen molar-refractivity contribution >= 4 is 5.97 Å². The Labute approximate surface area is 120 Å². The second kappa shape index (κ2) is 9.37. The van der Waals surface area contributed by atoms with Crippen LogP contribution in [0.4, 0.5) is 0 Å². The third-order valence-corrected chi connectivity index (χ3v) is 3.12. The molecule has 0 unspecified atom stereocenters. The van der Waals surface area contributed by atoms with Crippen LogP contribution in [0.3, 0.4) is 0 Å². The van der Waals surface area contributed by atoms with Crippen molar-refractivity contribution in [2.45, 2.75) is 39.0 Å². The Bertz CT molecular complexity index is 415. The number of hydrogen-bond donors (Lipinski definition) is 1. The molecule has 1 N–H and O–H groups in total. The summed E-state index contributed by atoms with van der Waals surface area (Å²) in [6.45, 7) is 2.59. The molecule has 0 heterocycles. The molecule has 0 aliphatic carbocycles. The Morgan fingerprint density at radius 1 is 1.25 bits per heavy atom. The van der Waals surface area contributed by atoms with E-state index in [9.17, 15) is 4.79 Å². The van der Waals surface area contributed by atoms with Gasteiger partial charge in [0.1, 0.15) is 5.75 Å². The van der Waals surface area contributed by atoms with Crippen LogP contribution in [0, 0.1) is 0 Å². The van der Waals surface area contributed by atoms with Gasteiger partial charge in [-0.2, -0.15) is 0 Å². The lowest BCUT2D eigenvalue weighted by Gasteiger charge is -2.11. The molecule has 4 heteroatoms. The van der Waals surface area contributed by atoms with Crippen LogP contribution in [0.25, 0.3) is 0 Å². The molecule has 0 amide bonds. The van der Waals surface area contributed by atoms with Gasteiger partial charge in [0.15, 0.2) is 0 Å². The van der Waals surface area contributed by atoms with Gasteiger partial charge < -0.3 is 14.6 Å². The highest BCUT2D eigenvalue weighted by Gasteiger charge is 2.13. The van der Waals surface area contributed by atoms with Crippen LogP contribution < -0.4 is 4.74 Å². The number of carbonyl (C=O) groups is 1. The SMILES string of the molecule is CCCCc1cc(OC)ccc1C(=O)OCCCCO. The van der Waals surface area contributed by atoms with Gasteiger partial charge in [0.2, 0.25) is 0 Å². The van der Waals surface area contributed by atoms with E-state index in [4.69, 9.17) is 14.6 Å². The third-order valence-electron chi connectivity index (χ3n) is 3.12. The zero-order chi connectivity index (χ0) is 14.8. The molecule has 20 heavy (non-hydrogen) atoms. The van der Waals surface area contributed by atoms with E-state index in [1.54, 1.807) is 19.2 Å². The summed E-state index contributed by atoms with van der Waals surface area (Å²) in [4.78, 5) is 12.1. The quantitative estimate of drug-likeness (QED) is 0.558. The lowest BCUT2D eigenvalue weighted by molar-refractivity contribution is 0.0491. The second-order valence-electron chi connectivity index (χ2n) is 4.69. The van der Waals surface area contributed by atoms with Gasteiger partial charge in [-0.3, -0.25) is 0 Å². The first-order chi connectivity index (χ1) is 9.72. The second-order valence-corrected chi connectivity index (χ2v) is 4.69. The molecule has 0 aromatic heterocycles. The average Bonchev–Trinajstić information content (AvgIpc) is 2.49. The molecule has 0 radical (unpaired) electrons. The molecule has 0 aliphatic rings.